The molecule has 0 radical (unpaired) electrons. The van der Waals surface area contributed by atoms with E-state index >= 15 is 0 Å². The monoisotopic (exact) mass is 314 g/mol. The van der Waals surface area contributed by atoms with Crippen molar-refractivity contribution in [1.82, 2.24) is 10.2 Å². The Labute approximate surface area is 128 Å². The third-order valence-electron chi connectivity index (χ3n) is 3.99. The molecule has 1 aliphatic heterocycles. The van der Waals surface area contributed by atoms with E-state index in [1.165, 1.54) is 12.1 Å². The molecule has 22 heavy (non-hydrogen) atoms. The summed E-state index contributed by atoms with van der Waals surface area (Å²) in [7, 11) is 0. The molecule has 1 aliphatic rings. The van der Waals surface area contributed by atoms with Gasteiger partial charge in [0, 0.05) is 19.0 Å². The van der Waals surface area contributed by atoms with Gasteiger partial charge in [-0.3, -0.25) is 4.79 Å². The van der Waals surface area contributed by atoms with Crippen molar-refractivity contribution in [2.45, 2.75) is 44.9 Å². The summed E-state index contributed by atoms with van der Waals surface area (Å²) in [5.74, 6) is 0.0846. The van der Waals surface area contributed by atoms with Crippen LogP contribution in [0.25, 0.3) is 0 Å². The number of nitrogens with zero attached hydrogens (tertiary/aromatic N) is 1. The predicted molar refractivity (Wildman–Crippen MR) is 78.2 cm³/mol. The first kappa shape index (κ1) is 16.8. The second kappa shape index (κ2) is 7.13. The summed E-state index contributed by atoms with van der Waals surface area (Å²) < 4.78 is 37.7. The molecule has 6 heteroatoms. The molecule has 0 saturated carbocycles. The molecule has 1 fully saturated rings. The minimum absolute atomic E-state index is 0.0846. The number of alkyl halides is 3. The van der Waals surface area contributed by atoms with Crippen LogP contribution in [0, 0.1) is 0 Å². The Hall–Kier alpha value is -1.56. The molecule has 1 heterocycles. The maximum absolute atomic E-state index is 12.6. The number of benzene rings is 1. The summed E-state index contributed by atoms with van der Waals surface area (Å²) in [6.07, 6.45) is -2.10. The van der Waals surface area contributed by atoms with Crippen molar-refractivity contribution in [3.63, 3.8) is 0 Å². The standard InChI is InChI=1S/C16H21F3N2O/c1-2-20-10-9-14-7-8-15(22)21(14)11-12-3-5-13(6-4-12)16(17,18)19/h3-6,14,20H,2,7-11H2,1H3. The average molecular weight is 314 g/mol. The molecule has 1 amide bonds. The average Bonchev–Trinajstić information content (AvgIpc) is 2.80. The van der Waals surface area contributed by atoms with Crippen molar-refractivity contribution in [3.05, 3.63) is 35.4 Å². The van der Waals surface area contributed by atoms with E-state index in [0.29, 0.717) is 13.0 Å². The van der Waals surface area contributed by atoms with Crippen molar-refractivity contribution in [2.75, 3.05) is 13.1 Å². The summed E-state index contributed by atoms with van der Waals surface area (Å²) in [4.78, 5) is 13.8. The van der Waals surface area contributed by atoms with Gasteiger partial charge in [-0.2, -0.15) is 13.2 Å². The van der Waals surface area contributed by atoms with Crippen molar-refractivity contribution >= 4 is 5.91 Å². The molecule has 0 aromatic heterocycles. The molecule has 2 rings (SSSR count). The highest BCUT2D eigenvalue weighted by Crippen LogP contribution is 2.30. The SMILES string of the molecule is CCNCCC1CCC(=O)N1Cc1ccc(C(F)(F)F)cc1. The summed E-state index contributed by atoms with van der Waals surface area (Å²) >= 11 is 0. The Bertz CT molecular complexity index is 499. The Morgan fingerprint density at radius 2 is 1.95 bits per heavy atom. The third kappa shape index (κ3) is 4.22. The normalized spacial score (nSPS) is 19.0. The molecule has 122 valence electrons. The number of likely N-dealkylation sites (tertiary alicyclic amines) is 1. The largest absolute Gasteiger partial charge is 0.416 e. The summed E-state index contributed by atoms with van der Waals surface area (Å²) in [6.45, 7) is 4.14. The fourth-order valence-corrected chi connectivity index (χ4v) is 2.75. The maximum Gasteiger partial charge on any atom is 0.416 e. The quantitative estimate of drug-likeness (QED) is 0.818. The predicted octanol–water partition coefficient (Wildman–Crippen LogP) is 3.20. The topological polar surface area (TPSA) is 32.3 Å². The van der Waals surface area contributed by atoms with Gasteiger partial charge >= 0.3 is 6.18 Å². The number of carbonyl (C=O) groups excluding carboxylic acids is 1. The van der Waals surface area contributed by atoms with E-state index in [9.17, 15) is 18.0 Å². The lowest BCUT2D eigenvalue weighted by Crippen LogP contribution is -2.34. The maximum atomic E-state index is 12.6. The zero-order chi connectivity index (χ0) is 16.2. The van der Waals surface area contributed by atoms with E-state index in [1.54, 1.807) is 4.90 Å². The number of nitrogens with one attached hydrogen (secondary N) is 1. The lowest BCUT2D eigenvalue weighted by atomic mass is 10.1. The fourth-order valence-electron chi connectivity index (χ4n) is 2.75. The van der Waals surface area contributed by atoms with Crippen LogP contribution in [-0.4, -0.2) is 29.9 Å². The first-order valence-corrected chi connectivity index (χ1v) is 7.58. The Balaban J connectivity index is 1.99. The highest BCUT2D eigenvalue weighted by atomic mass is 19.4. The van der Waals surface area contributed by atoms with E-state index < -0.39 is 11.7 Å². The summed E-state index contributed by atoms with van der Waals surface area (Å²) in [5, 5.41) is 3.24. The molecule has 3 nitrogen and oxygen atoms in total. The van der Waals surface area contributed by atoms with Gasteiger partial charge < -0.3 is 10.2 Å². The van der Waals surface area contributed by atoms with Gasteiger partial charge in [-0.1, -0.05) is 19.1 Å². The smallest absolute Gasteiger partial charge is 0.335 e. The van der Waals surface area contributed by atoms with Gasteiger partial charge in [0.1, 0.15) is 0 Å². The zero-order valence-corrected chi connectivity index (χ0v) is 12.6. The van der Waals surface area contributed by atoms with Gasteiger partial charge in [-0.15, -0.1) is 0 Å². The summed E-state index contributed by atoms with van der Waals surface area (Å²) in [6, 6.07) is 5.23. The van der Waals surface area contributed by atoms with Gasteiger partial charge in [0.15, 0.2) is 0 Å². The van der Waals surface area contributed by atoms with Gasteiger partial charge in [-0.25, -0.2) is 0 Å². The van der Waals surface area contributed by atoms with Gasteiger partial charge in [0.05, 0.1) is 5.56 Å². The number of hydrogen-bond acceptors (Lipinski definition) is 2. The van der Waals surface area contributed by atoms with E-state index in [4.69, 9.17) is 0 Å². The molecular weight excluding hydrogens is 293 g/mol. The second-order valence-corrected chi connectivity index (χ2v) is 5.55. The minimum atomic E-state index is -4.32. The minimum Gasteiger partial charge on any atom is -0.335 e. The first-order valence-electron chi connectivity index (χ1n) is 7.58. The molecule has 1 atom stereocenters. The Morgan fingerprint density at radius 1 is 1.27 bits per heavy atom. The van der Waals surface area contributed by atoms with Crippen LogP contribution in [-0.2, 0) is 17.5 Å². The molecule has 1 unspecified atom stereocenters. The lowest BCUT2D eigenvalue weighted by Gasteiger charge is -2.25. The van der Waals surface area contributed by atoms with Crippen LogP contribution in [0.15, 0.2) is 24.3 Å². The summed E-state index contributed by atoms with van der Waals surface area (Å²) in [5.41, 5.74) is 0.0735. The van der Waals surface area contributed by atoms with Crippen molar-refractivity contribution in [3.8, 4) is 0 Å². The van der Waals surface area contributed by atoms with E-state index in [0.717, 1.165) is 43.6 Å². The highest BCUT2D eigenvalue weighted by molar-refractivity contribution is 5.78. The van der Waals surface area contributed by atoms with Crippen LogP contribution in [0.1, 0.15) is 37.3 Å². The number of halogens is 3. The molecule has 1 saturated heterocycles. The van der Waals surface area contributed by atoms with Crippen LogP contribution in [0.5, 0.6) is 0 Å². The molecule has 1 N–H and O–H groups in total. The van der Waals surface area contributed by atoms with Crippen molar-refractivity contribution in [2.24, 2.45) is 0 Å². The van der Waals surface area contributed by atoms with E-state index in [-0.39, 0.29) is 11.9 Å². The van der Waals surface area contributed by atoms with Gasteiger partial charge in [0.2, 0.25) is 5.91 Å². The number of hydrogen-bond donors (Lipinski definition) is 1. The van der Waals surface area contributed by atoms with E-state index in [2.05, 4.69) is 5.32 Å². The lowest BCUT2D eigenvalue weighted by molar-refractivity contribution is -0.137. The Morgan fingerprint density at radius 3 is 2.55 bits per heavy atom. The molecule has 0 bridgehead atoms. The number of amides is 1. The number of rotatable bonds is 6. The van der Waals surface area contributed by atoms with Crippen molar-refractivity contribution < 1.29 is 18.0 Å². The van der Waals surface area contributed by atoms with Crippen LogP contribution in [0.3, 0.4) is 0 Å². The molecule has 1 aromatic carbocycles. The molecular formula is C16H21F3N2O. The molecule has 0 spiro atoms. The molecule has 0 aliphatic carbocycles. The first-order chi connectivity index (χ1) is 10.4. The third-order valence-corrected chi connectivity index (χ3v) is 3.99. The fraction of sp³-hybridized carbons (Fsp3) is 0.562. The van der Waals surface area contributed by atoms with Crippen LogP contribution in [0.2, 0.25) is 0 Å². The highest BCUT2D eigenvalue weighted by Gasteiger charge is 2.32. The van der Waals surface area contributed by atoms with Gasteiger partial charge in [-0.05, 0) is 43.6 Å². The van der Waals surface area contributed by atoms with Gasteiger partial charge in [0.25, 0.3) is 0 Å². The zero-order valence-electron chi connectivity index (χ0n) is 12.6. The van der Waals surface area contributed by atoms with E-state index in [1.807, 2.05) is 6.92 Å². The molecule has 1 aromatic rings. The van der Waals surface area contributed by atoms with Crippen LogP contribution in [0.4, 0.5) is 13.2 Å². The number of carbonyl (C=O) groups is 1. The Kier molecular flexibility index (Phi) is 5.45. The second-order valence-electron chi connectivity index (χ2n) is 5.55. The van der Waals surface area contributed by atoms with Crippen molar-refractivity contribution in [1.29, 1.82) is 0 Å². The van der Waals surface area contributed by atoms with Crippen LogP contribution < -0.4 is 5.32 Å². The van der Waals surface area contributed by atoms with Crippen LogP contribution >= 0.6 is 0 Å².